The van der Waals surface area contributed by atoms with E-state index in [-0.39, 0.29) is 11.5 Å². The fourth-order valence-electron chi connectivity index (χ4n) is 0.929. The molecule has 0 saturated heterocycles. The van der Waals surface area contributed by atoms with Gasteiger partial charge in [0.25, 0.3) is 0 Å². The van der Waals surface area contributed by atoms with E-state index in [1.165, 1.54) is 19.2 Å². The molecule has 0 radical (unpaired) electrons. The molecule has 0 heterocycles. The normalized spacial score (nSPS) is 9.77. The van der Waals surface area contributed by atoms with Gasteiger partial charge in [-0.15, -0.1) is 0 Å². The molecular weight excluding hydrogens is 173 g/mol. The molecule has 0 unspecified atom stereocenters. The van der Waals surface area contributed by atoms with Crippen molar-refractivity contribution >= 4 is 0 Å². The Morgan fingerprint density at radius 2 is 2.08 bits per heavy atom. The van der Waals surface area contributed by atoms with Crippen LogP contribution in [0.15, 0.2) is 18.2 Å². The van der Waals surface area contributed by atoms with Crippen molar-refractivity contribution in [1.29, 1.82) is 0 Å². The summed E-state index contributed by atoms with van der Waals surface area (Å²) in [4.78, 5) is 0. The van der Waals surface area contributed by atoms with E-state index in [0.717, 1.165) is 0 Å². The Kier molecular flexibility index (Phi) is 3.52. The highest BCUT2D eigenvalue weighted by Gasteiger charge is 2.08. The number of hydrogen-bond acceptors (Lipinski definition) is 3. The van der Waals surface area contributed by atoms with Gasteiger partial charge in [0.1, 0.15) is 6.61 Å². The number of halogens is 1. The maximum absolute atomic E-state index is 13.3. The molecule has 2 N–H and O–H groups in total. The van der Waals surface area contributed by atoms with Crippen molar-refractivity contribution in [3.63, 3.8) is 0 Å². The molecule has 72 valence electrons. The average molecular weight is 185 g/mol. The number of nitrogens with two attached hydrogens (primary N) is 1. The Balaban J connectivity index is 2.81. The summed E-state index contributed by atoms with van der Waals surface area (Å²) < 4.78 is 23.1. The second-order valence-corrected chi connectivity index (χ2v) is 2.41. The van der Waals surface area contributed by atoms with E-state index < -0.39 is 5.82 Å². The molecule has 0 spiro atoms. The molecule has 4 heteroatoms. The molecule has 1 aromatic carbocycles. The van der Waals surface area contributed by atoms with E-state index in [9.17, 15) is 4.39 Å². The summed E-state index contributed by atoms with van der Waals surface area (Å²) in [7, 11) is 1.41. The number of methoxy groups -OCH3 is 1. The third-order valence-electron chi connectivity index (χ3n) is 1.52. The lowest BCUT2D eigenvalue weighted by Crippen LogP contribution is -2.11. The number of rotatable bonds is 4. The lowest BCUT2D eigenvalue weighted by molar-refractivity contribution is 0.300. The number of benzene rings is 1. The van der Waals surface area contributed by atoms with Crippen LogP contribution in [-0.4, -0.2) is 20.3 Å². The van der Waals surface area contributed by atoms with Crippen LogP contribution in [-0.2, 0) is 0 Å². The zero-order valence-electron chi connectivity index (χ0n) is 7.42. The average Bonchev–Trinajstić information content (AvgIpc) is 2.16. The summed E-state index contributed by atoms with van der Waals surface area (Å²) in [6, 6.07) is 4.73. The van der Waals surface area contributed by atoms with Gasteiger partial charge < -0.3 is 15.2 Å². The number of hydrogen-bond donors (Lipinski definition) is 1. The second-order valence-electron chi connectivity index (χ2n) is 2.41. The predicted molar refractivity (Wildman–Crippen MR) is 47.5 cm³/mol. The van der Waals surface area contributed by atoms with Gasteiger partial charge in [-0.1, -0.05) is 6.07 Å². The monoisotopic (exact) mass is 185 g/mol. The SMILES string of the molecule is COc1cccc(OCCN)c1F. The van der Waals surface area contributed by atoms with Crippen LogP contribution in [0.3, 0.4) is 0 Å². The van der Waals surface area contributed by atoms with Gasteiger partial charge in [-0.05, 0) is 12.1 Å². The molecule has 0 saturated carbocycles. The highest BCUT2D eigenvalue weighted by Crippen LogP contribution is 2.25. The molecular formula is C9H12FNO2. The largest absolute Gasteiger partial charge is 0.494 e. The maximum Gasteiger partial charge on any atom is 0.206 e. The standard InChI is InChI=1S/C9H12FNO2/c1-12-7-3-2-4-8(9(7)10)13-6-5-11/h2-4H,5-6,11H2,1H3. The lowest BCUT2D eigenvalue weighted by atomic mass is 10.3. The first-order valence-corrected chi connectivity index (χ1v) is 3.95. The molecule has 0 aliphatic heterocycles. The van der Waals surface area contributed by atoms with Crippen LogP contribution in [0.2, 0.25) is 0 Å². The van der Waals surface area contributed by atoms with Crippen molar-refractivity contribution in [2.45, 2.75) is 0 Å². The van der Waals surface area contributed by atoms with Gasteiger partial charge in [0, 0.05) is 6.54 Å². The van der Waals surface area contributed by atoms with Crippen molar-refractivity contribution in [1.82, 2.24) is 0 Å². The van der Waals surface area contributed by atoms with Gasteiger partial charge in [-0.25, -0.2) is 0 Å². The van der Waals surface area contributed by atoms with Gasteiger partial charge in [0.05, 0.1) is 7.11 Å². The molecule has 1 aromatic rings. The zero-order valence-corrected chi connectivity index (χ0v) is 7.42. The predicted octanol–water partition coefficient (Wildman–Crippen LogP) is 1.17. The zero-order chi connectivity index (χ0) is 9.68. The number of ether oxygens (including phenoxy) is 2. The highest BCUT2D eigenvalue weighted by molar-refractivity contribution is 5.35. The summed E-state index contributed by atoms with van der Waals surface area (Å²) in [6.07, 6.45) is 0. The van der Waals surface area contributed by atoms with E-state index in [4.69, 9.17) is 15.2 Å². The van der Waals surface area contributed by atoms with Crippen LogP contribution in [0.25, 0.3) is 0 Å². The van der Waals surface area contributed by atoms with Crippen LogP contribution >= 0.6 is 0 Å². The molecule has 1 rings (SSSR count). The summed E-state index contributed by atoms with van der Waals surface area (Å²) in [6.45, 7) is 0.654. The lowest BCUT2D eigenvalue weighted by Gasteiger charge is -2.07. The van der Waals surface area contributed by atoms with Gasteiger partial charge in [0.15, 0.2) is 11.5 Å². The third-order valence-corrected chi connectivity index (χ3v) is 1.52. The molecule has 0 amide bonds. The Morgan fingerprint density at radius 3 is 2.69 bits per heavy atom. The van der Waals surface area contributed by atoms with E-state index in [0.29, 0.717) is 13.2 Å². The minimum absolute atomic E-state index is 0.171. The van der Waals surface area contributed by atoms with Crippen molar-refractivity contribution in [3.8, 4) is 11.5 Å². The minimum Gasteiger partial charge on any atom is -0.494 e. The maximum atomic E-state index is 13.3. The first kappa shape index (κ1) is 9.80. The molecule has 3 nitrogen and oxygen atoms in total. The van der Waals surface area contributed by atoms with E-state index in [1.54, 1.807) is 6.07 Å². The second kappa shape index (κ2) is 4.67. The topological polar surface area (TPSA) is 44.5 Å². The molecule has 0 aromatic heterocycles. The van der Waals surface area contributed by atoms with Gasteiger partial charge in [0.2, 0.25) is 5.82 Å². The fourth-order valence-corrected chi connectivity index (χ4v) is 0.929. The van der Waals surface area contributed by atoms with E-state index >= 15 is 0 Å². The first-order chi connectivity index (χ1) is 6.29. The quantitative estimate of drug-likeness (QED) is 0.765. The van der Waals surface area contributed by atoms with Crippen LogP contribution < -0.4 is 15.2 Å². The Hall–Kier alpha value is -1.29. The molecule has 0 bridgehead atoms. The van der Waals surface area contributed by atoms with Crippen molar-refractivity contribution in [3.05, 3.63) is 24.0 Å². The summed E-state index contributed by atoms with van der Waals surface area (Å²) in [5, 5.41) is 0. The van der Waals surface area contributed by atoms with Gasteiger partial charge in [-0.2, -0.15) is 4.39 Å². The molecule has 0 aliphatic rings. The molecule has 13 heavy (non-hydrogen) atoms. The highest BCUT2D eigenvalue weighted by atomic mass is 19.1. The van der Waals surface area contributed by atoms with E-state index in [1.807, 2.05) is 0 Å². The van der Waals surface area contributed by atoms with Crippen molar-refractivity contribution < 1.29 is 13.9 Å². The third kappa shape index (κ3) is 2.32. The van der Waals surface area contributed by atoms with Gasteiger partial charge in [-0.3, -0.25) is 0 Å². The smallest absolute Gasteiger partial charge is 0.206 e. The molecule has 0 atom stereocenters. The summed E-state index contributed by atoms with van der Waals surface area (Å²) in [5.41, 5.74) is 5.22. The fraction of sp³-hybridized carbons (Fsp3) is 0.333. The minimum atomic E-state index is -0.488. The van der Waals surface area contributed by atoms with Gasteiger partial charge >= 0.3 is 0 Å². The summed E-state index contributed by atoms with van der Waals surface area (Å²) >= 11 is 0. The van der Waals surface area contributed by atoms with Crippen molar-refractivity contribution in [2.24, 2.45) is 5.73 Å². The molecule has 0 fully saturated rings. The van der Waals surface area contributed by atoms with Crippen LogP contribution in [0.1, 0.15) is 0 Å². The van der Waals surface area contributed by atoms with Crippen LogP contribution in [0.4, 0.5) is 4.39 Å². The van der Waals surface area contributed by atoms with Crippen LogP contribution in [0.5, 0.6) is 11.5 Å². The van der Waals surface area contributed by atoms with Crippen LogP contribution in [0, 0.1) is 5.82 Å². The van der Waals surface area contributed by atoms with Crippen molar-refractivity contribution in [2.75, 3.05) is 20.3 Å². The van der Waals surface area contributed by atoms with E-state index in [2.05, 4.69) is 0 Å². The summed E-state index contributed by atoms with van der Waals surface area (Å²) in [5.74, 6) is -0.141. The Bertz CT molecular complexity index is 278. The Labute approximate surface area is 76.3 Å². The molecule has 0 aliphatic carbocycles. The first-order valence-electron chi connectivity index (χ1n) is 3.95. The Morgan fingerprint density at radius 1 is 1.38 bits per heavy atom.